The molecule has 120 valence electrons. The zero-order chi connectivity index (χ0) is 14.7. The standard InChI is InChI=1S/C15H18FN3O2.ClH/c16-14-5-11(6-17)1-2-15(14)20-4-3-19-9-12-7-18-8-13(10-19)21-12;/h1-2,5,12-13,18H,3-4,7-10H2;1H. The Morgan fingerprint density at radius 3 is 2.73 bits per heavy atom. The largest absolute Gasteiger partial charge is 0.489 e. The quantitative estimate of drug-likeness (QED) is 0.899. The molecule has 3 rings (SSSR count). The topological polar surface area (TPSA) is 57.5 Å². The molecule has 2 heterocycles. The molecular weight excluding hydrogens is 309 g/mol. The minimum Gasteiger partial charge on any atom is -0.489 e. The summed E-state index contributed by atoms with van der Waals surface area (Å²) in [7, 11) is 0. The van der Waals surface area contributed by atoms with E-state index < -0.39 is 5.82 Å². The van der Waals surface area contributed by atoms with Crippen molar-refractivity contribution in [1.29, 1.82) is 5.26 Å². The number of hydrogen-bond acceptors (Lipinski definition) is 5. The van der Waals surface area contributed by atoms with Crippen LogP contribution in [0.1, 0.15) is 5.56 Å². The van der Waals surface area contributed by atoms with Gasteiger partial charge in [0, 0.05) is 32.7 Å². The molecule has 0 aromatic heterocycles. The predicted molar refractivity (Wildman–Crippen MR) is 81.8 cm³/mol. The molecule has 7 heteroatoms. The summed E-state index contributed by atoms with van der Waals surface area (Å²) in [6.45, 7) is 4.70. The van der Waals surface area contributed by atoms with Crippen LogP contribution in [0.15, 0.2) is 18.2 Å². The number of benzene rings is 1. The Hall–Kier alpha value is -1.39. The molecule has 2 unspecified atom stereocenters. The van der Waals surface area contributed by atoms with E-state index in [1.54, 1.807) is 6.07 Å². The van der Waals surface area contributed by atoms with Crippen molar-refractivity contribution in [2.24, 2.45) is 0 Å². The van der Waals surface area contributed by atoms with Gasteiger partial charge in [0.05, 0.1) is 23.8 Å². The summed E-state index contributed by atoms with van der Waals surface area (Å²) >= 11 is 0. The first-order chi connectivity index (χ1) is 10.2. The van der Waals surface area contributed by atoms with Crippen LogP contribution in [0.2, 0.25) is 0 Å². The molecule has 0 saturated carbocycles. The molecule has 1 aromatic carbocycles. The molecule has 2 saturated heterocycles. The maximum atomic E-state index is 13.7. The van der Waals surface area contributed by atoms with E-state index in [2.05, 4.69) is 10.2 Å². The van der Waals surface area contributed by atoms with Crippen molar-refractivity contribution < 1.29 is 13.9 Å². The highest BCUT2D eigenvalue weighted by Crippen LogP contribution is 2.18. The smallest absolute Gasteiger partial charge is 0.166 e. The fraction of sp³-hybridized carbons (Fsp3) is 0.533. The van der Waals surface area contributed by atoms with Gasteiger partial charge in [-0.2, -0.15) is 5.26 Å². The second kappa shape index (κ2) is 7.75. The molecule has 0 aliphatic carbocycles. The number of rotatable bonds is 4. The van der Waals surface area contributed by atoms with Crippen molar-refractivity contribution in [3.63, 3.8) is 0 Å². The molecule has 0 radical (unpaired) electrons. The molecule has 1 N–H and O–H groups in total. The lowest BCUT2D eigenvalue weighted by Gasteiger charge is -2.41. The maximum Gasteiger partial charge on any atom is 0.166 e. The van der Waals surface area contributed by atoms with Crippen LogP contribution >= 0.6 is 12.4 Å². The van der Waals surface area contributed by atoms with Crippen LogP contribution in [0.25, 0.3) is 0 Å². The average Bonchev–Trinajstić information content (AvgIpc) is 2.48. The van der Waals surface area contributed by atoms with Crippen LogP contribution in [0.4, 0.5) is 4.39 Å². The maximum absolute atomic E-state index is 13.7. The zero-order valence-electron chi connectivity index (χ0n) is 12.1. The van der Waals surface area contributed by atoms with E-state index in [9.17, 15) is 4.39 Å². The molecule has 2 aliphatic heterocycles. The SMILES string of the molecule is Cl.N#Cc1ccc(OCCN2CC3CNCC(C2)O3)c(F)c1. The van der Waals surface area contributed by atoms with Gasteiger partial charge in [-0.3, -0.25) is 4.90 Å². The second-order valence-electron chi connectivity index (χ2n) is 5.40. The Bertz CT molecular complexity index is 540. The van der Waals surface area contributed by atoms with Crippen LogP contribution in [-0.2, 0) is 4.74 Å². The normalized spacial score (nSPS) is 24.2. The van der Waals surface area contributed by atoms with Gasteiger partial charge in [-0.15, -0.1) is 12.4 Å². The van der Waals surface area contributed by atoms with Gasteiger partial charge < -0.3 is 14.8 Å². The molecule has 0 amide bonds. The van der Waals surface area contributed by atoms with Crippen molar-refractivity contribution in [2.45, 2.75) is 12.2 Å². The Morgan fingerprint density at radius 1 is 1.36 bits per heavy atom. The molecule has 2 aliphatic rings. The first-order valence-electron chi connectivity index (χ1n) is 7.15. The fourth-order valence-electron chi connectivity index (χ4n) is 2.79. The van der Waals surface area contributed by atoms with Crippen LogP contribution in [0, 0.1) is 17.1 Å². The monoisotopic (exact) mass is 327 g/mol. The number of fused-ring (bicyclic) bond motifs is 2. The lowest BCUT2D eigenvalue weighted by Crippen LogP contribution is -2.58. The first-order valence-corrected chi connectivity index (χ1v) is 7.15. The van der Waals surface area contributed by atoms with Gasteiger partial charge >= 0.3 is 0 Å². The van der Waals surface area contributed by atoms with E-state index in [1.807, 2.05) is 6.07 Å². The Labute approximate surface area is 135 Å². The molecule has 0 spiro atoms. The number of nitriles is 1. The third kappa shape index (κ3) is 4.08. The number of nitrogens with zero attached hydrogens (tertiary/aromatic N) is 2. The van der Waals surface area contributed by atoms with E-state index in [4.69, 9.17) is 14.7 Å². The molecule has 22 heavy (non-hydrogen) atoms. The molecule has 2 atom stereocenters. The molecule has 2 fully saturated rings. The summed E-state index contributed by atoms with van der Waals surface area (Å²) in [6, 6.07) is 6.16. The summed E-state index contributed by atoms with van der Waals surface area (Å²) in [4.78, 5) is 2.29. The summed E-state index contributed by atoms with van der Waals surface area (Å²) in [6.07, 6.45) is 0.480. The number of ether oxygens (including phenoxy) is 2. The second-order valence-corrected chi connectivity index (χ2v) is 5.40. The lowest BCUT2D eigenvalue weighted by atomic mass is 10.1. The van der Waals surface area contributed by atoms with E-state index in [0.717, 1.165) is 32.7 Å². The number of halogens is 2. The van der Waals surface area contributed by atoms with Crippen molar-refractivity contribution in [1.82, 2.24) is 10.2 Å². The van der Waals surface area contributed by atoms with Gasteiger partial charge in [-0.25, -0.2) is 4.39 Å². The number of morpholine rings is 2. The fourth-order valence-corrected chi connectivity index (χ4v) is 2.79. The minimum absolute atomic E-state index is 0. The summed E-state index contributed by atoms with van der Waals surface area (Å²) in [5, 5.41) is 12.0. The van der Waals surface area contributed by atoms with Crippen LogP contribution in [0.3, 0.4) is 0 Å². The summed E-state index contributed by atoms with van der Waals surface area (Å²) in [5.41, 5.74) is 0.299. The summed E-state index contributed by atoms with van der Waals surface area (Å²) < 4.78 is 25.0. The van der Waals surface area contributed by atoms with Crippen molar-refractivity contribution in [2.75, 3.05) is 39.3 Å². The van der Waals surface area contributed by atoms with Crippen LogP contribution in [0.5, 0.6) is 5.75 Å². The highest BCUT2D eigenvalue weighted by atomic mass is 35.5. The molecule has 1 aromatic rings. The van der Waals surface area contributed by atoms with E-state index in [1.165, 1.54) is 12.1 Å². The van der Waals surface area contributed by atoms with E-state index in [-0.39, 0.29) is 30.4 Å². The Balaban J connectivity index is 0.00000176. The zero-order valence-corrected chi connectivity index (χ0v) is 12.9. The van der Waals surface area contributed by atoms with Gasteiger partial charge in [-0.1, -0.05) is 0 Å². The lowest BCUT2D eigenvalue weighted by molar-refractivity contribution is -0.104. The van der Waals surface area contributed by atoms with Gasteiger partial charge in [0.2, 0.25) is 0 Å². The molecule has 5 nitrogen and oxygen atoms in total. The predicted octanol–water partition coefficient (Wildman–Crippen LogP) is 1.17. The van der Waals surface area contributed by atoms with Crippen LogP contribution in [-0.4, -0.2) is 56.4 Å². The Kier molecular flexibility index (Phi) is 5.98. The number of nitrogens with one attached hydrogen (secondary N) is 1. The molecule has 2 bridgehead atoms. The third-order valence-corrected chi connectivity index (χ3v) is 3.78. The van der Waals surface area contributed by atoms with Crippen LogP contribution < -0.4 is 10.1 Å². The van der Waals surface area contributed by atoms with Gasteiger partial charge in [0.15, 0.2) is 11.6 Å². The van der Waals surface area contributed by atoms with E-state index >= 15 is 0 Å². The average molecular weight is 328 g/mol. The first kappa shape index (κ1) is 17.0. The molecular formula is C15H19ClFN3O2. The number of hydrogen-bond donors (Lipinski definition) is 1. The third-order valence-electron chi connectivity index (χ3n) is 3.78. The van der Waals surface area contributed by atoms with Crippen molar-refractivity contribution >= 4 is 12.4 Å². The Morgan fingerprint density at radius 2 is 2.09 bits per heavy atom. The van der Waals surface area contributed by atoms with E-state index in [0.29, 0.717) is 12.2 Å². The van der Waals surface area contributed by atoms with Gasteiger partial charge in [0.1, 0.15) is 6.61 Å². The van der Waals surface area contributed by atoms with Gasteiger partial charge in [0.25, 0.3) is 0 Å². The van der Waals surface area contributed by atoms with Crippen molar-refractivity contribution in [3.8, 4) is 11.8 Å². The van der Waals surface area contributed by atoms with Gasteiger partial charge in [-0.05, 0) is 18.2 Å². The highest BCUT2D eigenvalue weighted by Gasteiger charge is 2.30. The highest BCUT2D eigenvalue weighted by molar-refractivity contribution is 5.85. The van der Waals surface area contributed by atoms with Crippen molar-refractivity contribution in [3.05, 3.63) is 29.6 Å². The summed E-state index contributed by atoms with van der Waals surface area (Å²) in [5.74, 6) is -0.291. The minimum atomic E-state index is -0.489.